The maximum Gasteiger partial charge on any atom is 0.237 e. The zero-order valence-corrected chi connectivity index (χ0v) is 16.5. The Kier molecular flexibility index (Phi) is 7.22. The van der Waals surface area contributed by atoms with Gasteiger partial charge in [0, 0.05) is 13.1 Å². The van der Waals surface area contributed by atoms with Crippen LogP contribution >= 0.6 is 0 Å². The van der Waals surface area contributed by atoms with Crippen molar-refractivity contribution in [3.8, 4) is 5.75 Å². The van der Waals surface area contributed by atoms with Crippen molar-refractivity contribution in [2.24, 2.45) is 0 Å². The van der Waals surface area contributed by atoms with Crippen molar-refractivity contribution in [2.75, 3.05) is 14.2 Å². The van der Waals surface area contributed by atoms with Crippen LogP contribution in [-0.4, -0.2) is 31.0 Å². The number of rotatable bonds is 8. The molecule has 2 rings (SSSR count). The van der Waals surface area contributed by atoms with E-state index in [0.29, 0.717) is 12.5 Å². The van der Waals surface area contributed by atoms with Gasteiger partial charge in [-0.15, -0.1) is 0 Å². The summed E-state index contributed by atoms with van der Waals surface area (Å²) >= 11 is 0. The summed E-state index contributed by atoms with van der Waals surface area (Å²) in [6, 6.07) is 16.2. The number of likely N-dealkylation sites (N-methyl/N-ethyl adjacent to an activating group) is 1. The van der Waals surface area contributed by atoms with Gasteiger partial charge in [0.05, 0.1) is 13.2 Å². The molecule has 1 atom stereocenters. The minimum Gasteiger partial charge on any atom is -0.497 e. The molecule has 0 radical (unpaired) electrons. The standard InChI is InChI=1S/C22H30N2O2/c1-16(2)20-10-6-19(7-11-20)15-24(4)17(3)22(25)23-14-18-8-12-21(26-5)13-9-18/h6-13,16-17H,14-15H2,1-5H3,(H,23,25)/t17-/m1/s1. The van der Waals surface area contributed by atoms with Gasteiger partial charge in [-0.05, 0) is 48.7 Å². The van der Waals surface area contributed by atoms with Crippen LogP contribution in [0.2, 0.25) is 0 Å². The Labute approximate surface area is 157 Å². The van der Waals surface area contributed by atoms with Crippen LogP contribution in [0.15, 0.2) is 48.5 Å². The Hall–Kier alpha value is -2.33. The van der Waals surface area contributed by atoms with Crippen molar-refractivity contribution in [1.29, 1.82) is 0 Å². The highest BCUT2D eigenvalue weighted by atomic mass is 16.5. The van der Waals surface area contributed by atoms with E-state index in [1.165, 1.54) is 11.1 Å². The van der Waals surface area contributed by atoms with Crippen LogP contribution in [0.3, 0.4) is 0 Å². The number of hydrogen-bond acceptors (Lipinski definition) is 3. The highest BCUT2D eigenvalue weighted by Crippen LogP contribution is 2.16. The third kappa shape index (κ3) is 5.60. The van der Waals surface area contributed by atoms with Gasteiger partial charge >= 0.3 is 0 Å². The summed E-state index contributed by atoms with van der Waals surface area (Å²) < 4.78 is 5.15. The maximum atomic E-state index is 12.4. The van der Waals surface area contributed by atoms with Gasteiger partial charge in [-0.1, -0.05) is 50.2 Å². The lowest BCUT2D eigenvalue weighted by Crippen LogP contribution is -2.42. The Morgan fingerprint density at radius 1 is 1.00 bits per heavy atom. The number of methoxy groups -OCH3 is 1. The first-order chi connectivity index (χ1) is 12.4. The molecule has 0 saturated heterocycles. The first-order valence-corrected chi connectivity index (χ1v) is 9.10. The number of nitrogens with one attached hydrogen (secondary N) is 1. The number of ether oxygens (including phenoxy) is 1. The molecule has 0 spiro atoms. The van der Waals surface area contributed by atoms with Crippen LogP contribution in [0.25, 0.3) is 0 Å². The lowest BCUT2D eigenvalue weighted by atomic mass is 10.0. The van der Waals surface area contributed by atoms with E-state index in [9.17, 15) is 4.79 Å². The number of nitrogens with zero attached hydrogens (tertiary/aromatic N) is 1. The molecular weight excluding hydrogens is 324 g/mol. The van der Waals surface area contributed by atoms with Crippen LogP contribution in [-0.2, 0) is 17.9 Å². The summed E-state index contributed by atoms with van der Waals surface area (Å²) in [7, 11) is 3.62. The first-order valence-electron chi connectivity index (χ1n) is 9.10. The quantitative estimate of drug-likeness (QED) is 0.780. The predicted octanol–water partition coefficient (Wildman–Crippen LogP) is 3.96. The van der Waals surface area contributed by atoms with Crippen molar-refractivity contribution in [3.05, 3.63) is 65.2 Å². The summed E-state index contributed by atoms with van der Waals surface area (Å²) in [6.07, 6.45) is 0. The van der Waals surface area contributed by atoms with Crippen molar-refractivity contribution in [2.45, 2.75) is 45.8 Å². The third-order valence-corrected chi connectivity index (χ3v) is 4.74. The van der Waals surface area contributed by atoms with Gasteiger partial charge in [-0.3, -0.25) is 9.69 Å². The second-order valence-electron chi connectivity index (χ2n) is 7.05. The predicted molar refractivity (Wildman–Crippen MR) is 106 cm³/mol. The molecule has 0 aromatic heterocycles. The van der Waals surface area contributed by atoms with Crippen molar-refractivity contribution in [3.63, 3.8) is 0 Å². The number of benzene rings is 2. The van der Waals surface area contributed by atoms with E-state index in [2.05, 4.69) is 48.3 Å². The maximum absolute atomic E-state index is 12.4. The molecule has 2 aromatic carbocycles. The van der Waals surface area contributed by atoms with E-state index < -0.39 is 0 Å². The van der Waals surface area contributed by atoms with Crippen molar-refractivity contribution >= 4 is 5.91 Å². The van der Waals surface area contributed by atoms with Crippen LogP contribution in [0.4, 0.5) is 0 Å². The second kappa shape index (κ2) is 9.39. The lowest BCUT2D eigenvalue weighted by Gasteiger charge is -2.24. The molecule has 0 saturated carbocycles. The zero-order valence-electron chi connectivity index (χ0n) is 16.5. The number of carbonyl (C=O) groups is 1. The smallest absolute Gasteiger partial charge is 0.237 e. The molecule has 0 aliphatic carbocycles. The summed E-state index contributed by atoms with van der Waals surface area (Å²) in [5.41, 5.74) is 3.60. The van der Waals surface area contributed by atoms with Gasteiger partial charge < -0.3 is 10.1 Å². The van der Waals surface area contributed by atoms with E-state index in [0.717, 1.165) is 17.9 Å². The topological polar surface area (TPSA) is 41.6 Å². The Morgan fingerprint density at radius 2 is 1.58 bits per heavy atom. The van der Waals surface area contributed by atoms with Crippen molar-refractivity contribution in [1.82, 2.24) is 10.2 Å². The van der Waals surface area contributed by atoms with Gasteiger partial charge in [0.25, 0.3) is 0 Å². The van der Waals surface area contributed by atoms with Crippen LogP contribution in [0.1, 0.15) is 43.4 Å². The molecule has 0 bridgehead atoms. The molecule has 0 unspecified atom stereocenters. The number of hydrogen-bond donors (Lipinski definition) is 1. The van der Waals surface area contributed by atoms with Gasteiger partial charge in [-0.2, -0.15) is 0 Å². The molecule has 2 aromatic rings. The zero-order chi connectivity index (χ0) is 19.1. The molecule has 4 heteroatoms. The number of carbonyl (C=O) groups excluding carboxylic acids is 1. The van der Waals surface area contributed by atoms with Crippen LogP contribution in [0.5, 0.6) is 5.75 Å². The fraction of sp³-hybridized carbons (Fsp3) is 0.409. The largest absolute Gasteiger partial charge is 0.497 e. The molecule has 140 valence electrons. The van der Waals surface area contributed by atoms with Gasteiger partial charge in [-0.25, -0.2) is 0 Å². The van der Waals surface area contributed by atoms with E-state index in [1.807, 2.05) is 38.2 Å². The molecule has 0 fully saturated rings. The summed E-state index contributed by atoms with van der Waals surface area (Å²) in [6.45, 7) is 7.58. The highest BCUT2D eigenvalue weighted by Gasteiger charge is 2.18. The summed E-state index contributed by atoms with van der Waals surface area (Å²) in [5.74, 6) is 1.38. The minimum absolute atomic E-state index is 0.0297. The Bertz CT molecular complexity index is 693. The van der Waals surface area contributed by atoms with Crippen LogP contribution in [0, 0.1) is 0 Å². The minimum atomic E-state index is -0.196. The molecule has 0 aliphatic rings. The van der Waals surface area contributed by atoms with Gasteiger partial charge in [0.15, 0.2) is 0 Å². The lowest BCUT2D eigenvalue weighted by molar-refractivity contribution is -0.125. The monoisotopic (exact) mass is 354 g/mol. The van der Waals surface area contributed by atoms with Gasteiger partial charge in [0.1, 0.15) is 5.75 Å². The average molecular weight is 354 g/mol. The molecule has 1 N–H and O–H groups in total. The van der Waals surface area contributed by atoms with Crippen LogP contribution < -0.4 is 10.1 Å². The summed E-state index contributed by atoms with van der Waals surface area (Å²) in [5, 5.41) is 3.01. The SMILES string of the molecule is COc1ccc(CNC(=O)[C@@H](C)N(C)Cc2ccc(C(C)C)cc2)cc1. The normalized spacial score (nSPS) is 12.3. The third-order valence-electron chi connectivity index (χ3n) is 4.74. The van der Waals surface area contributed by atoms with Crippen molar-refractivity contribution < 1.29 is 9.53 Å². The molecule has 4 nitrogen and oxygen atoms in total. The van der Waals surface area contributed by atoms with E-state index >= 15 is 0 Å². The fourth-order valence-corrected chi connectivity index (χ4v) is 2.71. The van der Waals surface area contributed by atoms with E-state index in [-0.39, 0.29) is 11.9 Å². The van der Waals surface area contributed by atoms with E-state index in [4.69, 9.17) is 4.74 Å². The fourth-order valence-electron chi connectivity index (χ4n) is 2.71. The first kappa shape index (κ1) is 20.0. The summed E-state index contributed by atoms with van der Waals surface area (Å²) in [4.78, 5) is 14.5. The highest BCUT2D eigenvalue weighted by molar-refractivity contribution is 5.81. The number of amides is 1. The molecule has 0 aliphatic heterocycles. The second-order valence-corrected chi connectivity index (χ2v) is 7.05. The molecule has 26 heavy (non-hydrogen) atoms. The van der Waals surface area contributed by atoms with Gasteiger partial charge in [0.2, 0.25) is 5.91 Å². The molecular formula is C22H30N2O2. The average Bonchev–Trinajstić information content (AvgIpc) is 2.66. The molecule has 1 amide bonds. The van der Waals surface area contributed by atoms with E-state index in [1.54, 1.807) is 7.11 Å². The Morgan fingerprint density at radius 3 is 2.12 bits per heavy atom. The molecule has 0 heterocycles. The Balaban J connectivity index is 1.85.